The van der Waals surface area contributed by atoms with E-state index in [0.29, 0.717) is 26.1 Å². The summed E-state index contributed by atoms with van der Waals surface area (Å²) < 4.78 is 16.0. The fourth-order valence-electron chi connectivity index (χ4n) is 3.55. The topological polar surface area (TPSA) is 44.5 Å². The Kier molecular flexibility index (Phi) is 5.83. The molecule has 0 unspecified atom stereocenters. The van der Waals surface area contributed by atoms with Crippen molar-refractivity contribution in [3.05, 3.63) is 54.1 Å². The van der Waals surface area contributed by atoms with E-state index < -0.39 is 12.3 Å². The van der Waals surface area contributed by atoms with Crippen LogP contribution >= 0.6 is 0 Å². The number of benzene rings is 1. The zero-order chi connectivity index (χ0) is 17.8. The van der Waals surface area contributed by atoms with Gasteiger partial charge in [0.05, 0.1) is 12.6 Å². The lowest BCUT2D eigenvalue weighted by atomic mass is 10.1. The monoisotopic (exact) mass is 346 g/mol. The second kappa shape index (κ2) is 8.08. The minimum atomic E-state index is -0.794. The van der Waals surface area contributed by atoms with Gasteiger partial charge in [0, 0.05) is 45.1 Å². The highest BCUT2D eigenvalue weighted by molar-refractivity contribution is 5.17. The van der Waals surface area contributed by atoms with Gasteiger partial charge in [-0.3, -0.25) is 4.90 Å². The van der Waals surface area contributed by atoms with Crippen LogP contribution in [0.2, 0.25) is 0 Å². The standard InChI is InChI=1S/C19H27FN4O/c1-22(13-18(25)15-6-4-3-5-7-15)12-17-10-16(20)11-24(17)14-19-21-8-9-23(19)2/h3-9,16-18,25H,10-14H2,1-2H3/t16-,17-,18-/m0/s1. The number of aliphatic hydroxyl groups excluding tert-OH is 1. The molecule has 1 aromatic carbocycles. The van der Waals surface area contributed by atoms with Crippen LogP contribution in [0.5, 0.6) is 0 Å². The Morgan fingerprint density at radius 2 is 2.12 bits per heavy atom. The molecule has 3 atom stereocenters. The summed E-state index contributed by atoms with van der Waals surface area (Å²) in [4.78, 5) is 8.61. The Labute approximate surface area is 148 Å². The number of halogens is 1. The molecule has 1 aromatic heterocycles. The number of imidazole rings is 1. The number of aromatic nitrogens is 2. The summed E-state index contributed by atoms with van der Waals surface area (Å²) in [5.41, 5.74) is 0.911. The molecule has 0 aliphatic carbocycles. The van der Waals surface area contributed by atoms with Crippen molar-refractivity contribution in [1.82, 2.24) is 19.4 Å². The molecule has 6 heteroatoms. The third-order valence-electron chi connectivity index (χ3n) is 4.93. The van der Waals surface area contributed by atoms with E-state index in [2.05, 4.69) is 14.8 Å². The maximum absolute atomic E-state index is 14.0. The highest BCUT2D eigenvalue weighted by atomic mass is 19.1. The third-order valence-corrected chi connectivity index (χ3v) is 4.93. The molecule has 1 aliphatic rings. The van der Waals surface area contributed by atoms with Gasteiger partial charge in [0.2, 0.25) is 0 Å². The number of hydrogen-bond acceptors (Lipinski definition) is 4. The van der Waals surface area contributed by atoms with E-state index >= 15 is 0 Å². The fraction of sp³-hybridized carbons (Fsp3) is 0.526. The van der Waals surface area contributed by atoms with Crippen molar-refractivity contribution in [3.8, 4) is 0 Å². The largest absolute Gasteiger partial charge is 0.387 e. The first-order valence-electron chi connectivity index (χ1n) is 8.79. The number of alkyl halides is 1. The lowest BCUT2D eigenvalue weighted by molar-refractivity contribution is 0.106. The molecule has 5 nitrogen and oxygen atoms in total. The fourth-order valence-corrected chi connectivity index (χ4v) is 3.55. The molecule has 1 aliphatic heterocycles. The lowest BCUT2D eigenvalue weighted by Gasteiger charge is -2.29. The molecule has 1 saturated heterocycles. The van der Waals surface area contributed by atoms with Gasteiger partial charge in [0.15, 0.2) is 0 Å². The van der Waals surface area contributed by atoms with E-state index in [-0.39, 0.29) is 6.04 Å². The van der Waals surface area contributed by atoms with Crippen molar-refractivity contribution < 1.29 is 9.50 Å². The average molecular weight is 346 g/mol. The van der Waals surface area contributed by atoms with Crippen LogP contribution in [0.1, 0.15) is 23.9 Å². The first-order valence-corrected chi connectivity index (χ1v) is 8.79. The number of likely N-dealkylation sites (N-methyl/N-ethyl adjacent to an activating group) is 1. The molecule has 1 fully saturated rings. The summed E-state index contributed by atoms with van der Waals surface area (Å²) >= 11 is 0. The van der Waals surface area contributed by atoms with Crippen LogP contribution in [0.25, 0.3) is 0 Å². The van der Waals surface area contributed by atoms with Crippen LogP contribution in [-0.4, -0.2) is 63.4 Å². The van der Waals surface area contributed by atoms with Gasteiger partial charge in [-0.2, -0.15) is 0 Å². The number of hydrogen-bond donors (Lipinski definition) is 1. The second-order valence-electron chi connectivity index (χ2n) is 7.02. The van der Waals surface area contributed by atoms with Crippen molar-refractivity contribution >= 4 is 0 Å². The van der Waals surface area contributed by atoms with Gasteiger partial charge in [-0.1, -0.05) is 30.3 Å². The summed E-state index contributed by atoms with van der Waals surface area (Å²) in [6.07, 6.45) is 2.90. The molecule has 0 amide bonds. The van der Waals surface area contributed by atoms with Gasteiger partial charge < -0.3 is 14.6 Å². The first kappa shape index (κ1) is 18.0. The van der Waals surface area contributed by atoms with E-state index in [1.807, 2.05) is 55.2 Å². The predicted molar refractivity (Wildman–Crippen MR) is 95.8 cm³/mol. The third kappa shape index (κ3) is 4.66. The minimum absolute atomic E-state index is 0.139. The Morgan fingerprint density at radius 1 is 1.36 bits per heavy atom. The van der Waals surface area contributed by atoms with Crippen LogP contribution in [-0.2, 0) is 13.6 Å². The molecule has 0 saturated carbocycles. The quantitative estimate of drug-likeness (QED) is 0.833. The van der Waals surface area contributed by atoms with Crippen LogP contribution < -0.4 is 0 Å². The maximum atomic E-state index is 14.0. The Hall–Kier alpha value is -1.76. The Balaban J connectivity index is 1.57. The molecule has 3 rings (SSSR count). The smallest absolute Gasteiger partial charge is 0.122 e. The van der Waals surface area contributed by atoms with Crippen molar-refractivity contribution in [2.45, 2.75) is 31.3 Å². The number of nitrogens with zero attached hydrogens (tertiary/aromatic N) is 4. The van der Waals surface area contributed by atoms with Gasteiger partial charge in [-0.05, 0) is 19.0 Å². The molecule has 2 aromatic rings. The van der Waals surface area contributed by atoms with E-state index in [4.69, 9.17) is 0 Å². The van der Waals surface area contributed by atoms with Crippen LogP contribution in [0.4, 0.5) is 4.39 Å². The van der Waals surface area contributed by atoms with Crippen LogP contribution in [0.3, 0.4) is 0 Å². The summed E-state index contributed by atoms with van der Waals surface area (Å²) in [7, 11) is 3.94. The van der Waals surface area contributed by atoms with Gasteiger partial charge >= 0.3 is 0 Å². The van der Waals surface area contributed by atoms with E-state index in [0.717, 1.165) is 17.9 Å². The molecule has 25 heavy (non-hydrogen) atoms. The first-order chi connectivity index (χ1) is 12.0. The molecule has 0 radical (unpaired) electrons. The van der Waals surface area contributed by atoms with Crippen molar-refractivity contribution in [3.63, 3.8) is 0 Å². The zero-order valence-corrected chi connectivity index (χ0v) is 14.9. The SMILES string of the molecule is CN(C[C@@H]1C[C@H](F)CN1Cc1nccn1C)C[C@H](O)c1ccccc1. The molecule has 136 valence electrons. The summed E-state index contributed by atoms with van der Waals surface area (Å²) in [6.45, 7) is 2.37. The summed E-state index contributed by atoms with van der Waals surface area (Å²) in [5.74, 6) is 0.950. The van der Waals surface area contributed by atoms with Crippen LogP contribution in [0, 0.1) is 0 Å². The molecular formula is C19H27FN4O. The van der Waals surface area contributed by atoms with Crippen molar-refractivity contribution in [1.29, 1.82) is 0 Å². The van der Waals surface area contributed by atoms with E-state index in [1.54, 1.807) is 6.20 Å². The predicted octanol–water partition coefficient (Wildman–Crippen LogP) is 2.00. The Bertz CT molecular complexity index is 662. The molecule has 1 N–H and O–H groups in total. The van der Waals surface area contributed by atoms with Gasteiger partial charge in [0.25, 0.3) is 0 Å². The normalized spacial score (nSPS) is 22.6. The van der Waals surface area contributed by atoms with E-state index in [1.165, 1.54) is 0 Å². The van der Waals surface area contributed by atoms with E-state index in [9.17, 15) is 9.50 Å². The second-order valence-corrected chi connectivity index (χ2v) is 7.02. The van der Waals surface area contributed by atoms with Gasteiger partial charge in [0.1, 0.15) is 12.0 Å². The van der Waals surface area contributed by atoms with Gasteiger partial charge in [-0.15, -0.1) is 0 Å². The summed E-state index contributed by atoms with van der Waals surface area (Å²) in [5, 5.41) is 10.4. The number of likely N-dealkylation sites (tertiary alicyclic amines) is 1. The number of rotatable bonds is 7. The number of aliphatic hydroxyl groups is 1. The molecule has 0 spiro atoms. The highest BCUT2D eigenvalue weighted by Gasteiger charge is 2.33. The number of aryl methyl sites for hydroxylation is 1. The van der Waals surface area contributed by atoms with Crippen molar-refractivity contribution in [2.75, 3.05) is 26.7 Å². The average Bonchev–Trinajstić information content (AvgIpc) is 3.14. The van der Waals surface area contributed by atoms with Crippen LogP contribution in [0.15, 0.2) is 42.7 Å². The summed E-state index contributed by atoms with van der Waals surface area (Å²) in [6, 6.07) is 9.79. The van der Waals surface area contributed by atoms with Crippen molar-refractivity contribution in [2.24, 2.45) is 7.05 Å². The lowest BCUT2D eigenvalue weighted by Crippen LogP contribution is -2.40. The Morgan fingerprint density at radius 3 is 2.80 bits per heavy atom. The maximum Gasteiger partial charge on any atom is 0.122 e. The molecular weight excluding hydrogens is 319 g/mol. The molecule has 0 bridgehead atoms. The highest BCUT2D eigenvalue weighted by Crippen LogP contribution is 2.23. The minimum Gasteiger partial charge on any atom is -0.387 e. The van der Waals surface area contributed by atoms with Gasteiger partial charge in [-0.25, -0.2) is 9.37 Å². The zero-order valence-electron chi connectivity index (χ0n) is 14.9. The molecule has 2 heterocycles.